The Morgan fingerprint density at radius 1 is 1.25 bits per heavy atom. The van der Waals surface area contributed by atoms with Gasteiger partial charge in [-0.15, -0.1) is 0 Å². The first-order valence-electron chi connectivity index (χ1n) is 5.33. The minimum absolute atomic E-state index is 0.0172. The average Bonchev–Trinajstić information content (AvgIpc) is 2.29. The highest BCUT2D eigenvalue weighted by Gasteiger charge is 2.31. The fourth-order valence-electron chi connectivity index (χ4n) is 1.94. The molecule has 1 saturated heterocycles. The van der Waals surface area contributed by atoms with Crippen molar-refractivity contribution in [2.45, 2.75) is 31.5 Å². The molecule has 0 amide bonds. The van der Waals surface area contributed by atoms with Crippen LogP contribution < -0.4 is 5.32 Å². The Balaban J connectivity index is 2.21. The maximum absolute atomic E-state index is 12.5. The van der Waals surface area contributed by atoms with E-state index in [1.165, 1.54) is 12.3 Å². The molecule has 2 heterocycles. The van der Waals surface area contributed by atoms with Gasteiger partial charge in [0.15, 0.2) is 0 Å². The second-order valence-electron chi connectivity index (χ2n) is 4.01. The molecule has 0 aromatic carbocycles. The van der Waals surface area contributed by atoms with Crippen LogP contribution in [0.3, 0.4) is 0 Å². The summed E-state index contributed by atoms with van der Waals surface area (Å²) in [5, 5.41) is 3.21. The topological polar surface area (TPSA) is 24.9 Å². The first-order chi connectivity index (χ1) is 7.57. The van der Waals surface area contributed by atoms with Gasteiger partial charge >= 0.3 is 6.18 Å². The van der Waals surface area contributed by atoms with Gasteiger partial charge in [0.05, 0.1) is 5.56 Å². The summed E-state index contributed by atoms with van der Waals surface area (Å²) in [5.41, 5.74) is -0.0353. The molecule has 88 valence electrons. The molecule has 5 heteroatoms. The number of aromatic nitrogens is 1. The van der Waals surface area contributed by atoms with Crippen LogP contribution in [0, 0.1) is 0 Å². The molecule has 2 nitrogen and oxygen atoms in total. The molecule has 2 rings (SSSR count). The lowest BCUT2D eigenvalue weighted by Gasteiger charge is -2.24. The Bertz CT molecular complexity index is 356. The van der Waals surface area contributed by atoms with Crippen molar-refractivity contribution in [3.8, 4) is 0 Å². The van der Waals surface area contributed by atoms with Crippen LogP contribution in [0.5, 0.6) is 0 Å². The van der Waals surface area contributed by atoms with E-state index >= 15 is 0 Å². The van der Waals surface area contributed by atoms with E-state index in [9.17, 15) is 13.2 Å². The monoisotopic (exact) mass is 230 g/mol. The van der Waals surface area contributed by atoms with E-state index < -0.39 is 11.7 Å². The highest BCUT2D eigenvalue weighted by Crippen LogP contribution is 2.31. The summed E-state index contributed by atoms with van der Waals surface area (Å²) in [6.07, 6.45) is 1.09. The predicted octanol–water partition coefficient (Wildman–Crippen LogP) is 2.92. The first kappa shape index (κ1) is 11.4. The fraction of sp³-hybridized carbons (Fsp3) is 0.545. The Labute approximate surface area is 91.9 Å². The van der Waals surface area contributed by atoms with Gasteiger partial charge in [-0.2, -0.15) is 13.2 Å². The highest BCUT2D eigenvalue weighted by molar-refractivity contribution is 5.23. The third-order valence-corrected chi connectivity index (χ3v) is 2.80. The van der Waals surface area contributed by atoms with Crippen LogP contribution in [0.4, 0.5) is 13.2 Å². The van der Waals surface area contributed by atoms with Crippen molar-refractivity contribution in [2.75, 3.05) is 6.54 Å². The van der Waals surface area contributed by atoms with Crippen LogP contribution in [0.25, 0.3) is 0 Å². The molecule has 0 saturated carbocycles. The van der Waals surface area contributed by atoms with Crippen molar-refractivity contribution in [2.24, 2.45) is 0 Å². The van der Waals surface area contributed by atoms with E-state index in [1.54, 1.807) is 0 Å². The van der Waals surface area contributed by atoms with Crippen molar-refractivity contribution in [3.05, 3.63) is 29.6 Å². The largest absolute Gasteiger partial charge is 0.417 e. The molecule has 1 N–H and O–H groups in total. The summed E-state index contributed by atoms with van der Waals surface area (Å²) in [6, 6.07) is 1.21. The zero-order valence-electron chi connectivity index (χ0n) is 8.72. The Kier molecular flexibility index (Phi) is 3.14. The van der Waals surface area contributed by atoms with Gasteiger partial charge in [0.25, 0.3) is 0 Å². The number of piperidine rings is 1. The zero-order chi connectivity index (χ0) is 11.6. The molecule has 0 spiro atoms. The summed E-state index contributed by atoms with van der Waals surface area (Å²) in [5.74, 6) is 0. The number of nitrogens with one attached hydrogen (secondary N) is 1. The minimum Gasteiger partial charge on any atom is -0.310 e. The van der Waals surface area contributed by atoms with E-state index in [2.05, 4.69) is 10.3 Å². The summed E-state index contributed by atoms with van der Waals surface area (Å²) in [7, 11) is 0. The van der Waals surface area contributed by atoms with Crippen LogP contribution in [0.1, 0.15) is 36.4 Å². The molecule has 1 unspecified atom stereocenters. The number of nitrogens with zero attached hydrogens (tertiary/aromatic N) is 1. The van der Waals surface area contributed by atoms with E-state index in [-0.39, 0.29) is 6.04 Å². The number of hydrogen-bond donors (Lipinski definition) is 1. The Morgan fingerprint density at radius 2 is 2.06 bits per heavy atom. The minimum atomic E-state index is -4.31. The molecule has 16 heavy (non-hydrogen) atoms. The molecular formula is C11H13F3N2. The number of pyridine rings is 1. The van der Waals surface area contributed by atoms with Gasteiger partial charge in [-0.3, -0.25) is 4.98 Å². The summed E-state index contributed by atoms with van der Waals surface area (Å²) < 4.78 is 37.4. The molecule has 1 aliphatic rings. The quantitative estimate of drug-likeness (QED) is 0.802. The van der Waals surface area contributed by atoms with Crippen molar-refractivity contribution in [3.63, 3.8) is 0 Å². The van der Waals surface area contributed by atoms with Crippen molar-refractivity contribution < 1.29 is 13.2 Å². The van der Waals surface area contributed by atoms with Gasteiger partial charge in [-0.1, -0.05) is 6.42 Å². The van der Waals surface area contributed by atoms with Crippen LogP contribution in [-0.4, -0.2) is 11.5 Å². The lowest BCUT2D eigenvalue weighted by Crippen LogP contribution is -2.27. The van der Waals surface area contributed by atoms with Crippen molar-refractivity contribution >= 4 is 0 Å². The number of alkyl halides is 3. The third-order valence-electron chi connectivity index (χ3n) is 2.80. The summed E-state index contributed by atoms with van der Waals surface area (Å²) >= 11 is 0. The molecule has 0 bridgehead atoms. The van der Waals surface area contributed by atoms with Gasteiger partial charge in [-0.05, 0) is 31.0 Å². The number of hydrogen-bond acceptors (Lipinski definition) is 2. The van der Waals surface area contributed by atoms with Gasteiger partial charge in [0, 0.05) is 18.4 Å². The smallest absolute Gasteiger partial charge is 0.310 e. The maximum atomic E-state index is 12.5. The molecule has 1 aliphatic heterocycles. The van der Waals surface area contributed by atoms with Crippen molar-refractivity contribution in [1.82, 2.24) is 10.3 Å². The molecule has 0 aliphatic carbocycles. The lowest BCUT2D eigenvalue weighted by atomic mass is 9.98. The second kappa shape index (κ2) is 4.41. The molecule has 1 fully saturated rings. The molecular weight excluding hydrogens is 217 g/mol. The number of halogens is 3. The molecule has 1 atom stereocenters. The van der Waals surface area contributed by atoms with E-state index in [4.69, 9.17) is 0 Å². The van der Waals surface area contributed by atoms with Gasteiger partial charge < -0.3 is 5.32 Å². The SMILES string of the molecule is FC(F)(F)c1cncc(C2CCCCN2)c1. The van der Waals surface area contributed by atoms with E-state index in [0.717, 1.165) is 32.0 Å². The molecule has 1 aromatic rings. The van der Waals surface area contributed by atoms with Crippen LogP contribution in [0.15, 0.2) is 18.5 Å². The normalized spacial score (nSPS) is 22.1. The van der Waals surface area contributed by atoms with Gasteiger partial charge in [0.2, 0.25) is 0 Å². The summed E-state index contributed by atoms with van der Waals surface area (Å²) in [6.45, 7) is 0.862. The maximum Gasteiger partial charge on any atom is 0.417 e. The van der Waals surface area contributed by atoms with Gasteiger partial charge in [-0.25, -0.2) is 0 Å². The van der Waals surface area contributed by atoms with E-state index in [1.807, 2.05) is 0 Å². The first-order valence-corrected chi connectivity index (χ1v) is 5.33. The fourth-order valence-corrected chi connectivity index (χ4v) is 1.94. The summed E-state index contributed by atoms with van der Waals surface area (Å²) in [4.78, 5) is 3.67. The highest BCUT2D eigenvalue weighted by atomic mass is 19.4. The van der Waals surface area contributed by atoms with Crippen LogP contribution in [0.2, 0.25) is 0 Å². The Morgan fingerprint density at radius 3 is 2.69 bits per heavy atom. The Hall–Kier alpha value is -1.10. The second-order valence-corrected chi connectivity index (χ2v) is 4.01. The van der Waals surface area contributed by atoms with Crippen molar-refractivity contribution in [1.29, 1.82) is 0 Å². The average molecular weight is 230 g/mol. The van der Waals surface area contributed by atoms with Crippen LogP contribution in [-0.2, 0) is 6.18 Å². The molecule has 0 radical (unpaired) electrons. The standard InChI is InChI=1S/C11H13F3N2/c12-11(13,14)9-5-8(6-15-7-9)10-3-1-2-4-16-10/h5-7,10,16H,1-4H2. The van der Waals surface area contributed by atoms with E-state index in [0.29, 0.717) is 5.56 Å². The third kappa shape index (κ3) is 2.52. The molecule has 1 aromatic heterocycles. The van der Waals surface area contributed by atoms with Gasteiger partial charge in [0.1, 0.15) is 0 Å². The lowest BCUT2D eigenvalue weighted by molar-refractivity contribution is -0.137. The zero-order valence-corrected chi connectivity index (χ0v) is 8.72. The predicted molar refractivity (Wildman–Crippen MR) is 53.8 cm³/mol. The number of rotatable bonds is 1. The van der Waals surface area contributed by atoms with Crippen LogP contribution >= 0.6 is 0 Å².